The van der Waals surface area contributed by atoms with E-state index in [4.69, 9.17) is 0 Å². The van der Waals surface area contributed by atoms with Crippen molar-refractivity contribution in [2.45, 2.75) is 18.7 Å². The van der Waals surface area contributed by atoms with Gasteiger partial charge in [-0.2, -0.15) is 0 Å². The number of benzene rings is 1. The van der Waals surface area contributed by atoms with E-state index in [2.05, 4.69) is 45.4 Å². The molecule has 98 valence electrons. The first-order valence-corrected chi connectivity index (χ1v) is 7.57. The van der Waals surface area contributed by atoms with Crippen molar-refractivity contribution >= 4 is 33.8 Å². The van der Waals surface area contributed by atoms with E-state index in [1.165, 1.54) is 10.5 Å². The Balaban J connectivity index is 1.95. The molecule has 0 saturated carbocycles. The first-order valence-electron chi connectivity index (χ1n) is 6.01. The van der Waals surface area contributed by atoms with E-state index in [1.54, 1.807) is 18.9 Å². The zero-order valence-electron chi connectivity index (χ0n) is 10.6. The zero-order chi connectivity index (χ0) is 13.1. The molecule has 5 heteroatoms. The number of hydrogen-bond acceptors (Lipinski definition) is 3. The Labute approximate surface area is 121 Å². The molecule has 0 atom stereocenters. The average molecular weight is 329 g/mol. The van der Waals surface area contributed by atoms with E-state index in [-0.39, 0.29) is 5.91 Å². The van der Waals surface area contributed by atoms with Gasteiger partial charge in [0.25, 0.3) is 0 Å². The lowest BCUT2D eigenvalue weighted by molar-refractivity contribution is -0.129. The maximum Gasteiger partial charge on any atom is 0.219 e. The van der Waals surface area contributed by atoms with Crippen molar-refractivity contribution in [3.05, 3.63) is 28.2 Å². The van der Waals surface area contributed by atoms with Crippen LogP contribution in [0.3, 0.4) is 0 Å². The summed E-state index contributed by atoms with van der Waals surface area (Å²) >= 11 is 5.35. The third kappa shape index (κ3) is 3.49. The Hall–Kier alpha value is -0.520. The summed E-state index contributed by atoms with van der Waals surface area (Å²) in [5.41, 5.74) is 1.27. The smallest absolute Gasteiger partial charge is 0.219 e. The van der Waals surface area contributed by atoms with E-state index in [9.17, 15) is 4.79 Å². The maximum absolute atomic E-state index is 11.3. The Morgan fingerprint density at radius 3 is 2.56 bits per heavy atom. The largest absolute Gasteiger partial charge is 0.340 e. The number of rotatable bonds is 2. The fourth-order valence-electron chi connectivity index (χ4n) is 1.91. The van der Waals surface area contributed by atoms with Gasteiger partial charge in [0.2, 0.25) is 5.91 Å². The molecule has 0 N–H and O–H groups in total. The number of aryl methyl sites for hydroxylation is 1. The molecule has 0 radical (unpaired) electrons. The molecule has 1 aromatic rings. The second kappa shape index (κ2) is 6.08. The molecular weight excluding hydrogens is 312 g/mol. The Kier molecular flexibility index (Phi) is 4.70. The molecular formula is C13H17BrN2OS. The summed E-state index contributed by atoms with van der Waals surface area (Å²) < 4.78 is 3.45. The minimum absolute atomic E-state index is 0.177. The molecule has 0 spiro atoms. The van der Waals surface area contributed by atoms with Crippen molar-refractivity contribution < 1.29 is 4.79 Å². The van der Waals surface area contributed by atoms with Crippen molar-refractivity contribution in [2.75, 3.05) is 26.2 Å². The highest BCUT2D eigenvalue weighted by molar-refractivity contribution is 9.10. The second-order valence-corrected chi connectivity index (χ2v) is 6.45. The van der Waals surface area contributed by atoms with E-state index < -0.39 is 0 Å². The van der Waals surface area contributed by atoms with E-state index >= 15 is 0 Å². The fraction of sp³-hybridized carbons (Fsp3) is 0.462. The molecule has 3 nitrogen and oxygen atoms in total. The van der Waals surface area contributed by atoms with Gasteiger partial charge < -0.3 is 4.90 Å². The molecule has 0 unspecified atom stereocenters. The number of hydrogen-bond donors (Lipinski definition) is 0. The minimum atomic E-state index is 0.177. The molecule has 1 aromatic carbocycles. The molecule has 1 fully saturated rings. The van der Waals surface area contributed by atoms with Gasteiger partial charge in [0.05, 0.1) is 0 Å². The molecule has 1 amide bonds. The quantitative estimate of drug-likeness (QED) is 0.780. The number of nitrogens with zero attached hydrogens (tertiary/aromatic N) is 2. The van der Waals surface area contributed by atoms with Gasteiger partial charge in [-0.15, -0.1) is 0 Å². The van der Waals surface area contributed by atoms with Crippen LogP contribution in [-0.2, 0) is 4.79 Å². The topological polar surface area (TPSA) is 23.6 Å². The van der Waals surface area contributed by atoms with Crippen molar-refractivity contribution in [3.63, 3.8) is 0 Å². The van der Waals surface area contributed by atoms with Crippen LogP contribution in [0.2, 0.25) is 0 Å². The number of piperazine rings is 1. The summed E-state index contributed by atoms with van der Waals surface area (Å²) in [5, 5.41) is 0. The normalized spacial score (nSPS) is 16.9. The van der Waals surface area contributed by atoms with Crippen molar-refractivity contribution in [2.24, 2.45) is 0 Å². The predicted molar refractivity (Wildman–Crippen MR) is 78.6 cm³/mol. The van der Waals surface area contributed by atoms with Gasteiger partial charge in [0.1, 0.15) is 0 Å². The monoisotopic (exact) mass is 328 g/mol. The van der Waals surface area contributed by atoms with Crippen LogP contribution in [0.4, 0.5) is 0 Å². The van der Waals surface area contributed by atoms with Gasteiger partial charge in [0.15, 0.2) is 0 Å². The van der Waals surface area contributed by atoms with Gasteiger partial charge >= 0.3 is 0 Å². The lowest BCUT2D eigenvalue weighted by Gasteiger charge is -2.33. The minimum Gasteiger partial charge on any atom is -0.340 e. The first kappa shape index (κ1) is 13.9. The van der Waals surface area contributed by atoms with Crippen LogP contribution in [-0.4, -0.2) is 41.3 Å². The van der Waals surface area contributed by atoms with Gasteiger partial charge in [-0.25, -0.2) is 4.31 Å². The molecule has 0 aliphatic carbocycles. The fourth-order valence-corrected chi connectivity index (χ4v) is 3.40. The highest BCUT2D eigenvalue weighted by Crippen LogP contribution is 2.31. The summed E-state index contributed by atoms with van der Waals surface area (Å²) in [7, 11) is 0. The van der Waals surface area contributed by atoms with Crippen LogP contribution in [0.5, 0.6) is 0 Å². The van der Waals surface area contributed by atoms with Crippen LogP contribution >= 0.6 is 27.9 Å². The number of carbonyl (C=O) groups excluding carboxylic acids is 1. The number of amides is 1. The molecule has 0 aromatic heterocycles. The highest BCUT2D eigenvalue weighted by atomic mass is 79.9. The molecule has 1 heterocycles. The second-order valence-electron chi connectivity index (χ2n) is 4.46. The van der Waals surface area contributed by atoms with Gasteiger partial charge in [-0.05, 0) is 52.5 Å². The predicted octanol–water partition coefficient (Wildman–Crippen LogP) is 2.93. The van der Waals surface area contributed by atoms with E-state index in [0.717, 1.165) is 30.7 Å². The van der Waals surface area contributed by atoms with Crippen LogP contribution in [0, 0.1) is 6.92 Å². The third-order valence-electron chi connectivity index (χ3n) is 3.00. The van der Waals surface area contributed by atoms with Crippen LogP contribution in [0.15, 0.2) is 27.6 Å². The Morgan fingerprint density at radius 1 is 1.28 bits per heavy atom. The summed E-state index contributed by atoms with van der Waals surface area (Å²) in [6.07, 6.45) is 0. The van der Waals surface area contributed by atoms with Crippen molar-refractivity contribution in [3.8, 4) is 0 Å². The standard InChI is InChI=1S/C13H17BrN2OS/c1-10-3-4-12(14)13(9-10)18-16-7-5-15(6-8-16)11(2)17/h3-4,9H,5-8H2,1-2H3. The van der Waals surface area contributed by atoms with E-state index in [0.29, 0.717) is 0 Å². The summed E-state index contributed by atoms with van der Waals surface area (Å²) in [6.45, 7) is 7.23. The van der Waals surface area contributed by atoms with Crippen molar-refractivity contribution in [1.82, 2.24) is 9.21 Å². The third-order valence-corrected chi connectivity index (χ3v) is 5.11. The Morgan fingerprint density at radius 2 is 1.94 bits per heavy atom. The van der Waals surface area contributed by atoms with Crippen LogP contribution < -0.4 is 0 Å². The van der Waals surface area contributed by atoms with Gasteiger partial charge in [0, 0.05) is 42.5 Å². The Bertz CT molecular complexity index is 445. The lowest BCUT2D eigenvalue weighted by atomic mass is 10.2. The SMILES string of the molecule is CC(=O)N1CCN(Sc2cc(C)ccc2Br)CC1. The summed E-state index contributed by atoms with van der Waals surface area (Å²) in [6, 6.07) is 6.37. The van der Waals surface area contributed by atoms with Crippen molar-refractivity contribution in [1.29, 1.82) is 0 Å². The van der Waals surface area contributed by atoms with Crippen LogP contribution in [0.1, 0.15) is 12.5 Å². The summed E-state index contributed by atoms with van der Waals surface area (Å²) in [4.78, 5) is 14.4. The number of carbonyl (C=O) groups is 1. The van der Waals surface area contributed by atoms with Gasteiger partial charge in [-0.3, -0.25) is 4.79 Å². The molecule has 0 bridgehead atoms. The maximum atomic E-state index is 11.3. The molecule has 1 saturated heterocycles. The zero-order valence-corrected chi connectivity index (χ0v) is 13.1. The van der Waals surface area contributed by atoms with Gasteiger partial charge in [-0.1, -0.05) is 6.07 Å². The first-order chi connectivity index (χ1) is 8.56. The van der Waals surface area contributed by atoms with E-state index in [1.807, 2.05) is 4.90 Å². The molecule has 1 aliphatic heterocycles. The molecule has 18 heavy (non-hydrogen) atoms. The highest BCUT2D eigenvalue weighted by Gasteiger charge is 2.19. The number of halogens is 1. The van der Waals surface area contributed by atoms with Crippen LogP contribution in [0.25, 0.3) is 0 Å². The molecule has 1 aliphatic rings. The lowest BCUT2D eigenvalue weighted by Crippen LogP contribution is -2.45. The average Bonchev–Trinajstić information content (AvgIpc) is 2.34. The summed E-state index contributed by atoms with van der Waals surface area (Å²) in [5.74, 6) is 0.177. The molecule has 2 rings (SSSR count).